The number of hydrogen-bond donors (Lipinski definition) is 0. The molecule has 1 unspecified atom stereocenters. The summed E-state index contributed by atoms with van der Waals surface area (Å²) >= 11 is 0. The summed E-state index contributed by atoms with van der Waals surface area (Å²) in [4.78, 5) is 2.55. The van der Waals surface area contributed by atoms with Gasteiger partial charge >= 0.3 is 0 Å². The molecule has 1 nitrogen and oxygen atoms in total. The second kappa shape index (κ2) is 16.4. The molecule has 0 amide bonds. The molecule has 1 aliphatic carbocycles. The first kappa shape index (κ1) is 43.9. The van der Waals surface area contributed by atoms with E-state index in [0.29, 0.717) is 0 Å². The van der Waals surface area contributed by atoms with Crippen molar-refractivity contribution in [3.63, 3.8) is 0 Å². The number of hydrogen-bond acceptors (Lipinski definition) is 1. The summed E-state index contributed by atoms with van der Waals surface area (Å²) in [5.41, 5.74) is 20.8. The van der Waals surface area contributed by atoms with E-state index < -0.39 is 0 Å². The van der Waals surface area contributed by atoms with Gasteiger partial charge in [0.15, 0.2) is 0 Å². The summed E-state index contributed by atoms with van der Waals surface area (Å²) < 4.78 is 0. The lowest BCUT2D eigenvalue weighted by atomic mass is 9.74. The van der Waals surface area contributed by atoms with Crippen LogP contribution < -0.4 is 4.90 Å². The van der Waals surface area contributed by atoms with Crippen molar-refractivity contribution in [1.82, 2.24) is 0 Å². The molecule has 9 aromatic rings. The van der Waals surface area contributed by atoms with E-state index in [-0.39, 0.29) is 21.7 Å². The van der Waals surface area contributed by atoms with E-state index in [1.165, 1.54) is 88.7 Å². The van der Waals surface area contributed by atoms with E-state index in [1.807, 2.05) is 0 Å². The minimum atomic E-state index is -0.356. The minimum Gasteiger partial charge on any atom is -0.309 e. The third kappa shape index (κ3) is 7.79. The average molecular weight is 870 g/mol. The first-order chi connectivity index (χ1) is 32.0. The Hall–Kier alpha value is -6.96. The Morgan fingerprint density at radius 2 is 0.881 bits per heavy atom. The van der Waals surface area contributed by atoms with Crippen molar-refractivity contribution in [2.24, 2.45) is 0 Å². The highest BCUT2D eigenvalue weighted by Gasteiger charge is 2.41. The molecule has 0 aliphatic heterocycles. The average Bonchev–Trinajstić information content (AvgIpc) is 3.59. The Kier molecular flexibility index (Phi) is 10.8. The number of anilines is 3. The van der Waals surface area contributed by atoms with Gasteiger partial charge in [0.25, 0.3) is 0 Å². The number of fused-ring (bicyclic) bond motifs is 4. The zero-order valence-electron chi connectivity index (χ0n) is 41.0. The fraction of sp³-hybridized carbons (Fsp3) is 0.212. The molecule has 0 spiro atoms. The van der Waals surface area contributed by atoms with Gasteiger partial charge in [0.1, 0.15) is 0 Å². The van der Waals surface area contributed by atoms with Crippen LogP contribution in [0, 0.1) is 0 Å². The predicted molar refractivity (Wildman–Crippen MR) is 288 cm³/mol. The number of nitrogens with zero attached hydrogens (tertiary/aromatic N) is 1. The van der Waals surface area contributed by atoms with Gasteiger partial charge in [-0.1, -0.05) is 232 Å². The lowest BCUT2D eigenvalue weighted by Crippen LogP contribution is -2.23. The Morgan fingerprint density at radius 1 is 0.343 bits per heavy atom. The number of para-hydroxylation sites is 1. The molecule has 1 atom stereocenters. The van der Waals surface area contributed by atoms with Crippen molar-refractivity contribution >= 4 is 27.8 Å². The zero-order valence-corrected chi connectivity index (χ0v) is 41.0. The van der Waals surface area contributed by atoms with E-state index >= 15 is 0 Å². The van der Waals surface area contributed by atoms with Crippen LogP contribution >= 0.6 is 0 Å². The molecule has 0 saturated heterocycles. The van der Waals surface area contributed by atoms with Gasteiger partial charge in [-0.15, -0.1) is 0 Å². The van der Waals surface area contributed by atoms with Gasteiger partial charge in [-0.05, 0) is 131 Å². The summed E-state index contributed by atoms with van der Waals surface area (Å²) in [5.74, 6) is 0. The molecule has 10 rings (SSSR count). The zero-order chi connectivity index (χ0) is 46.9. The molecule has 67 heavy (non-hydrogen) atoms. The quantitative estimate of drug-likeness (QED) is 0.154. The lowest BCUT2D eigenvalue weighted by molar-refractivity contribution is 0.569. The molecule has 332 valence electrons. The normalized spacial score (nSPS) is 14.8. The molecule has 1 heteroatoms. The van der Waals surface area contributed by atoms with Crippen molar-refractivity contribution in [3.8, 4) is 44.5 Å². The third-order valence-electron chi connectivity index (χ3n) is 14.4. The molecule has 0 fully saturated rings. The van der Waals surface area contributed by atoms with Gasteiger partial charge in [-0.2, -0.15) is 0 Å². The number of benzene rings is 9. The summed E-state index contributed by atoms with van der Waals surface area (Å²) in [6.45, 7) is 23.3. The Morgan fingerprint density at radius 3 is 1.54 bits per heavy atom. The second-order valence-corrected chi connectivity index (χ2v) is 22.0. The first-order valence-corrected chi connectivity index (χ1v) is 24.1. The van der Waals surface area contributed by atoms with E-state index in [0.717, 1.165) is 17.1 Å². The monoisotopic (exact) mass is 869 g/mol. The minimum absolute atomic E-state index is 0.0106. The predicted octanol–water partition coefficient (Wildman–Crippen LogP) is 18.5. The lowest BCUT2D eigenvalue weighted by Gasteiger charge is -2.33. The maximum Gasteiger partial charge on any atom is 0.0540 e. The van der Waals surface area contributed by atoms with E-state index in [2.05, 4.69) is 274 Å². The van der Waals surface area contributed by atoms with E-state index in [1.54, 1.807) is 0 Å². The summed E-state index contributed by atoms with van der Waals surface area (Å²) in [7, 11) is 0. The van der Waals surface area contributed by atoms with Crippen LogP contribution in [0.25, 0.3) is 55.3 Å². The summed E-state index contributed by atoms with van der Waals surface area (Å²) in [6.07, 6.45) is 0. The highest BCUT2D eigenvalue weighted by Crippen LogP contribution is 2.55. The van der Waals surface area contributed by atoms with Gasteiger partial charge < -0.3 is 4.90 Å². The summed E-state index contributed by atoms with van der Waals surface area (Å²) in [6, 6.07) is 75.5. The van der Waals surface area contributed by atoms with Crippen molar-refractivity contribution in [3.05, 3.63) is 234 Å². The third-order valence-corrected chi connectivity index (χ3v) is 14.4. The molecular weight excluding hydrogens is 807 g/mol. The van der Waals surface area contributed by atoms with Crippen molar-refractivity contribution < 1.29 is 0 Å². The maximum absolute atomic E-state index is 2.55. The largest absolute Gasteiger partial charge is 0.309 e. The van der Waals surface area contributed by atoms with Crippen molar-refractivity contribution in [1.29, 1.82) is 0 Å². The molecule has 9 aromatic carbocycles. The van der Waals surface area contributed by atoms with Gasteiger partial charge in [-0.3, -0.25) is 0 Å². The highest BCUT2D eigenvalue weighted by atomic mass is 15.1. The van der Waals surface area contributed by atoms with Crippen molar-refractivity contribution in [2.75, 3.05) is 4.90 Å². The van der Waals surface area contributed by atoms with E-state index in [9.17, 15) is 0 Å². The van der Waals surface area contributed by atoms with Crippen LogP contribution in [0.15, 0.2) is 200 Å². The molecular formula is C66H63N. The van der Waals surface area contributed by atoms with Crippen LogP contribution in [0.2, 0.25) is 0 Å². The van der Waals surface area contributed by atoms with Gasteiger partial charge in [-0.25, -0.2) is 0 Å². The molecule has 1 aliphatic rings. The van der Waals surface area contributed by atoms with Gasteiger partial charge in [0.05, 0.1) is 11.4 Å². The van der Waals surface area contributed by atoms with Gasteiger partial charge in [0, 0.05) is 22.2 Å². The molecule has 0 bridgehead atoms. The second-order valence-electron chi connectivity index (χ2n) is 22.0. The summed E-state index contributed by atoms with van der Waals surface area (Å²) in [5, 5.41) is 2.49. The van der Waals surface area contributed by atoms with Crippen LogP contribution in [-0.4, -0.2) is 0 Å². The molecule has 0 radical (unpaired) electrons. The Bertz CT molecular complexity index is 3260. The molecule has 0 N–H and O–H groups in total. The van der Waals surface area contributed by atoms with Crippen LogP contribution in [0.5, 0.6) is 0 Å². The van der Waals surface area contributed by atoms with Crippen LogP contribution in [0.4, 0.5) is 17.1 Å². The topological polar surface area (TPSA) is 3.24 Å². The van der Waals surface area contributed by atoms with Gasteiger partial charge in [0.2, 0.25) is 0 Å². The Balaban J connectivity index is 1.27. The van der Waals surface area contributed by atoms with Crippen LogP contribution in [-0.2, 0) is 21.7 Å². The molecule has 0 aromatic heterocycles. The maximum atomic E-state index is 2.55. The SMILES string of the molecule is CC(C)(C)c1cc(-c2cccc3cccc(-c4ccccc4N(c4ccc5c(c4)C(C)(c4ccccc4)c4ccccc4-5)c4ccc(C(C)(C)C)cc4-c4ccccc4)c23)cc(C(C)(C)C)c1. The van der Waals surface area contributed by atoms with E-state index in [4.69, 9.17) is 0 Å². The van der Waals surface area contributed by atoms with Crippen LogP contribution in [0.3, 0.4) is 0 Å². The Labute approximate surface area is 399 Å². The van der Waals surface area contributed by atoms with Crippen molar-refractivity contribution in [2.45, 2.75) is 90.9 Å². The first-order valence-electron chi connectivity index (χ1n) is 24.1. The molecule has 0 saturated carbocycles. The standard InChI is InChI=1S/C66H63N/c1-63(2,3)48-35-38-61(57(42-48)44-23-13-11-14-24-44)67(51-36-37-54-53-29-17-19-33-58(53)66(10,59(54)43-51)47-27-15-12-16-28-47)60-34-20-18-30-55(60)56-32-22-26-45-25-21-31-52(62(45)56)46-39-49(64(4,5)6)41-50(40-46)65(7,8)9/h11-43H,1-10H3. The van der Waals surface area contributed by atoms with Crippen LogP contribution in [0.1, 0.15) is 103 Å². The number of rotatable bonds is 7. The smallest absolute Gasteiger partial charge is 0.0540 e. The fourth-order valence-electron chi connectivity index (χ4n) is 10.5. The molecule has 0 heterocycles. The fourth-order valence-corrected chi connectivity index (χ4v) is 10.5. The highest BCUT2D eigenvalue weighted by molar-refractivity contribution is 6.09.